The maximum Gasteiger partial charge on any atom is 0.227 e. The highest BCUT2D eigenvalue weighted by Crippen LogP contribution is 2.24. The number of thioether (sulfide) groups is 1. The minimum absolute atomic E-state index is 0.129. The van der Waals surface area contributed by atoms with Crippen molar-refractivity contribution in [3.8, 4) is 11.4 Å². The molecule has 2 heterocycles. The molecule has 0 aliphatic rings. The lowest BCUT2D eigenvalue weighted by atomic mass is 10.1. The molecule has 1 amide bonds. The molecule has 0 spiro atoms. The first-order valence-corrected chi connectivity index (χ1v) is 11.5. The number of carbonyl (C=O) groups excluding carboxylic acids is 1. The summed E-state index contributed by atoms with van der Waals surface area (Å²) in [5, 5.41) is 16.4. The zero-order valence-electron chi connectivity index (χ0n) is 17.9. The third-order valence-electron chi connectivity index (χ3n) is 5.03. The zero-order valence-corrected chi connectivity index (χ0v) is 18.7. The predicted molar refractivity (Wildman–Crippen MR) is 127 cm³/mol. The van der Waals surface area contributed by atoms with Gasteiger partial charge < -0.3 is 9.84 Å². The Morgan fingerprint density at radius 3 is 2.82 bits per heavy atom. The summed E-state index contributed by atoms with van der Waals surface area (Å²) >= 11 is 1.32. The molecule has 170 valence electrons. The molecule has 2 aromatic heterocycles. The number of rotatable bonds is 8. The molecule has 10 heteroatoms. The molecular formula is C24H19FN6O2S. The molecule has 0 saturated carbocycles. The standard InChI is InChI=1S/C24H19FN6O2S/c25-17-8-3-7-16(13-17)23-28-24(30-29-23)34-14-20-27-22(33-31-20)12-11-21(32)26-19-10-4-6-15-5-1-2-9-18(15)19/h1-10,13H,11-12,14H2,(H,26,32)(H,28,29,30). The fourth-order valence-corrected chi connectivity index (χ4v) is 4.06. The van der Waals surface area contributed by atoms with Crippen molar-refractivity contribution in [3.05, 3.63) is 84.3 Å². The minimum atomic E-state index is -0.340. The third-order valence-corrected chi connectivity index (χ3v) is 5.88. The van der Waals surface area contributed by atoms with Gasteiger partial charge in [-0.2, -0.15) is 4.98 Å². The SMILES string of the molecule is O=C(CCc1nc(CSc2n[nH]c(-c3cccc(F)c3)n2)no1)Nc1cccc2ccccc12. The molecule has 0 unspecified atom stereocenters. The second-order valence-electron chi connectivity index (χ2n) is 7.44. The number of nitrogens with zero attached hydrogens (tertiary/aromatic N) is 4. The lowest BCUT2D eigenvalue weighted by Crippen LogP contribution is -2.12. The Bertz CT molecular complexity index is 1440. The highest BCUT2D eigenvalue weighted by Gasteiger charge is 2.13. The van der Waals surface area contributed by atoms with Crippen LogP contribution in [0.1, 0.15) is 18.1 Å². The molecule has 5 rings (SSSR count). The van der Waals surface area contributed by atoms with E-state index in [0.29, 0.717) is 40.4 Å². The second kappa shape index (κ2) is 9.84. The number of aryl methyl sites for hydroxylation is 1. The molecule has 8 nitrogen and oxygen atoms in total. The van der Waals surface area contributed by atoms with Crippen molar-refractivity contribution in [1.82, 2.24) is 25.3 Å². The Morgan fingerprint density at radius 1 is 1.06 bits per heavy atom. The van der Waals surface area contributed by atoms with E-state index in [1.54, 1.807) is 12.1 Å². The van der Waals surface area contributed by atoms with Crippen LogP contribution in [0.2, 0.25) is 0 Å². The molecule has 0 bridgehead atoms. The maximum atomic E-state index is 13.4. The van der Waals surface area contributed by atoms with E-state index >= 15 is 0 Å². The van der Waals surface area contributed by atoms with Crippen molar-refractivity contribution in [1.29, 1.82) is 0 Å². The van der Waals surface area contributed by atoms with Gasteiger partial charge in [0.2, 0.25) is 17.0 Å². The number of hydrogen-bond acceptors (Lipinski definition) is 7. The number of anilines is 1. The fraction of sp³-hybridized carbons (Fsp3) is 0.125. The van der Waals surface area contributed by atoms with E-state index in [9.17, 15) is 9.18 Å². The number of benzene rings is 3. The lowest BCUT2D eigenvalue weighted by molar-refractivity contribution is -0.116. The molecule has 0 aliphatic heterocycles. The molecule has 0 fully saturated rings. The predicted octanol–water partition coefficient (Wildman–Crippen LogP) is 5.01. The summed E-state index contributed by atoms with van der Waals surface area (Å²) in [7, 11) is 0. The number of hydrogen-bond donors (Lipinski definition) is 2. The topological polar surface area (TPSA) is 110 Å². The van der Waals surface area contributed by atoms with Crippen LogP contribution in [-0.4, -0.2) is 31.2 Å². The first-order chi connectivity index (χ1) is 16.6. The maximum absolute atomic E-state index is 13.4. The molecule has 0 atom stereocenters. The Balaban J connectivity index is 1.13. The van der Waals surface area contributed by atoms with Gasteiger partial charge >= 0.3 is 0 Å². The van der Waals surface area contributed by atoms with E-state index < -0.39 is 0 Å². The Labute approximate surface area is 198 Å². The number of H-pyrrole nitrogens is 1. The van der Waals surface area contributed by atoms with Crippen LogP contribution in [0.3, 0.4) is 0 Å². The number of fused-ring (bicyclic) bond motifs is 1. The summed E-state index contributed by atoms with van der Waals surface area (Å²) in [6, 6.07) is 19.8. The van der Waals surface area contributed by atoms with Gasteiger partial charge in [-0.15, -0.1) is 5.10 Å². The Kier molecular flexibility index (Phi) is 6.30. The van der Waals surface area contributed by atoms with Crippen LogP contribution in [0.25, 0.3) is 22.2 Å². The summed E-state index contributed by atoms with van der Waals surface area (Å²) < 4.78 is 18.7. The largest absolute Gasteiger partial charge is 0.339 e. The van der Waals surface area contributed by atoms with Gasteiger partial charge in [-0.25, -0.2) is 9.37 Å². The van der Waals surface area contributed by atoms with Crippen LogP contribution in [0.5, 0.6) is 0 Å². The molecule has 3 aromatic carbocycles. The van der Waals surface area contributed by atoms with Gasteiger partial charge in [-0.05, 0) is 23.6 Å². The molecule has 0 saturated heterocycles. The summed E-state index contributed by atoms with van der Waals surface area (Å²) in [5.74, 6) is 1.27. The average molecular weight is 475 g/mol. The van der Waals surface area contributed by atoms with E-state index in [0.717, 1.165) is 16.5 Å². The quantitative estimate of drug-likeness (QED) is 0.304. The third kappa shape index (κ3) is 5.12. The van der Waals surface area contributed by atoms with E-state index in [-0.39, 0.29) is 18.1 Å². The van der Waals surface area contributed by atoms with Gasteiger partial charge in [0.25, 0.3) is 0 Å². The normalized spacial score (nSPS) is 11.1. The van der Waals surface area contributed by atoms with Gasteiger partial charge in [-0.3, -0.25) is 9.89 Å². The number of aromatic nitrogens is 5. The van der Waals surface area contributed by atoms with Gasteiger partial charge in [0.1, 0.15) is 5.82 Å². The van der Waals surface area contributed by atoms with Gasteiger partial charge in [-0.1, -0.05) is 65.4 Å². The van der Waals surface area contributed by atoms with Crippen LogP contribution in [0.15, 0.2) is 76.4 Å². The molecule has 34 heavy (non-hydrogen) atoms. The summed E-state index contributed by atoms with van der Waals surface area (Å²) in [6.07, 6.45) is 0.550. The Morgan fingerprint density at radius 2 is 1.91 bits per heavy atom. The molecular weight excluding hydrogens is 455 g/mol. The number of nitrogens with one attached hydrogen (secondary N) is 2. The smallest absolute Gasteiger partial charge is 0.227 e. The zero-order chi connectivity index (χ0) is 23.3. The average Bonchev–Trinajstić information content (AvgIpc) is 3.51. The molecule has 0 radical (unpaired) electrons. The fourth-order valence-electron chi connectivity index (χ4n) is 3.42. The van der Waals surface area contributed by atoms with Crippen LogP contribution in [0, 0.1) is 5.82 Å². The number of halogens is 1. The van der Waals surface area contributed by atoms with Crippen molar-refractivity contribution >= 4 is 34.1 Å². The first kappa shape index (κ1) is 21.8. The molecule has 5 aromatic rings. The highest BCUT2D eigenvalue weighted by atomic mass is 32.2. The van der Waals surface area contributed by atoms with Gasteiger partial charge in [0.05, 0.1) is 5.75 Å². The van der Waals surface area contributed by atoms with E-state index in [1.165, 1.54) is 23.9 Å². The number of carbonyl (C=O) groups is 1. The van der Waals surface area contributed by atoms with E-state index in [4.69, 9.17) is 4.52 Å². The summed E-state index contributed by atoms with van der Waals surface area (Å²) in [4.78, 5) is 21.1. The van der Waals surface area contributed by atoms with E-state index in [1.807, 2.05) is 42.5 Å². The summed E-state index contributed by atoms with van der Waals surface area (Å²) in [6.45, 7) is 0. The van der Waals surface area contributed by atoms with Crippen molar-refractivity contribution in [2.75, 3.05) is 5.32 Å². The minimum Gasteiger partial charge on any atom is -0.339 e. The monoisotopic (exact) mass is 474 g/mol. The summed E-state index contributed by atoms with van der Waals surface area (Å²) in [5.41, 5.74) is 1.39. The Hall–Kier alpha value is -4.05. The number of aromatic amines is 1. The van der Waals surface area contributed by atoms with E-state index in [2.05, 4.69) is 30.6 Å². The van der Waals surface area contributed by atoms with Crippen molar-refractivity contribution < 1.29 is 13.7 Å². The molecule has 2 N–H and O–H groups in total. The number of amides is 1. The van der Waals surface area contributed by atoms with Crippen molar-refractivity contribution in [2.45, 2.75) is 23.8 Å². The molecule has 0 aliphatic carbocycles. The van der Waals surface area contributed by atoms with Crippen LogP contribution < -0.4 is 5.32 Å². The van der Waals surface area contributed by atoms with Crippen LogP contribution >= 0.6 is 11.8 Å². The van der Waals surface area contributed by atoms with Crippen molar-refractivity contribution in [3.63, 3.8) is 0 Å². The highest BCUT2D eigenvalue weighted by molar-refractivity contribution is 7.98. The van der Waals surface area contributed by atoms with Crippen LogP contribution in [-0.2, 0) is 17.0 Å². The second-order valence-corrected chi connectivity index (χ2v) is 8.39. The van der Waals surface area contributed by atoms with Gasteiger partial charge in [0, 0.05) is 29.5 Å². The van der Waals surface area contributed by atoms with Crippen LogP contribution in [0.4, 0.5) is 10.1 Å². The first-order valence-electron chi connectivity index (χ1n) is 10.5. The lowest BCUT2D eigenvalue weighted by Gasteiger charge is -2.08. The van der Waals surface area contributed by atoms with Crippen molar-refractivity contribution in [2.24, 2.45) is 0 Å². The van der Waals surface area contributed by atoms with Gasteiger partial charge in [0.15, 0.2) is 11.6 Å².